The summed E-state index contributed by atoms with van der Waals surface area (Å²) in [6, 6.07) is 18.7. The summed E-state index contributed by atoms with van der Waals surface area (Å²) in [6.45, 7) is 0.917. The van der Waals surface area contributed by atoms with Crippen LogP contribution in [0.3, 0.4) is 0 Å². The lowest BCUT2D eigenvalue weighted by atomic mass is 9.75. The number of nitrogens with one attached hydrogen (secondary N) is 1. The van der Waals surface area contributed by atoms with Gasteiger partial charge in [-0.05, 0) is 52.9 Å². The summed E-state index contributed by atoms with van der Waals surface area (Å²) in [5.41, 5.74) is 4.26. The van der Waals surface area contributed by atoms with Gasteiger partial charge in [0.25, 0.3) is 5.91 Å². The van der Waals surface area contributed by atoms with Crippen molar-refractivity contribution in [2.45, 2.75) is 24.9 Å². The van der Waals surface area contributed by atoms with E-state index in [1.165, 1.54) is 12.7 Å². The third kappa shape index (κ3) is 3.97. The predicted molar refractivity (Wildman–Crippen MR) is 131 cm³/mol. The van der Waals surface area contributed by atoms with Crippen molar-refractivity contribution < 1.29 is 23.8 Å². The SMILES string of the molecule is COc1ccc(CNC(=O)[C@@H]2c3cc(OC)c(OC)cc3C(=O)N3CCc4ccccc4[C@@H]23)cc1. The van der Waals surface area contributed by atoms with E-state index in [1.54, 1.807) is 26.4 Å². The van der Waals surface area contributed by atoms with Crippen molar-refractivity contribution in [2.24, 2.45) is 0 Å². The van der Waals surface area contributed by atoms with Gasteiger partial charge in [0, 0.05) is 18.7 Å². The van der Waals surface area contributed by atoms with Crippen LogP contribution in [0.2, 0.25) is 0 Å². The zero-order valence-corrected chi connectivity index (χ0v) is 20.0. The maximum absolute atomic E-state index is 13.8. The molecule has 2 amide bonds. The Morgan fingerprint density at radius 2 is 1.66 bits per heavy atom. The number of carbonyl (C=O) groups excluding carboxylic acids is 2. The van der Waals surface area contributed by atoms with Gasteiger partial charge in [-0.1, -0.05) is 36.4 Å². The standard InChI is InChI=1S/C28H28N2O5/c1-33-19-10-8-17(9-11-19)16-29-27(31)25-21-14-23(34-2)24(35-3)15-22(21)28(32)30-13-12-18-6-4-5-7-20(18)26(25)30/h4-11,14-15,25-26H,12-13,16H2,1-3H3,(H,29,31)/t25-,26+/m1/s1. The molecule has 35 heavy (non-hydrogen) atoms. The topological polar surface area (TPSA) is 77.1 Å². The molecule has 2 atom stereocenters. The second kappa shape index (κ2) is 9.33. The van der Waals surface area contributed by atoms with Gasteiger partial charge in [0.15, 0.2) is 11.5 Å². The Balaban J connectivity index is 1.57. The fourth-order valence-electron chi connectivity index (χ4n) is 5.17. The smallest absolute Gasteiger partial charge is 0.254 e. The first-order valence-electron chi connectivity index (χ1n) is 11.6. The molecule has 1 N–H and O–H groups in total. The predicted octanol–water partition coefficient (Wildman–Crippen LogP) is 3.87. The Kier molecular flexibility index (Phi) is 6.07. The monoisotopic (exact) mass is 472 g/mol. The maximum Gasteiger partial charge on any atom is 0.254 e. The van der Waals surface area contributed by atoms with Crippen LogP contribution in [0.5, 0.6) is 17.2 Å². The minimum Gasteiger partial charge on any atom is -0.497 e. The fourth-order valence-corrected chi connectivity index (χ4v) is 5.17. The van der Waals surface area contributed by atoms with Gasteiger partial charge in [-0.25, -0.2) is 0 Å². The van der Waals surface area contributed by atoms with Gasteiger partial charge in [0.2, 0.25) is 5.91 Å². The molecule has 0 fully saturated rings. The molecule has 0 bridgehead atoms. The Labute approximate surface area is 204 Å². The molecule has 2 aliphatic rings. The number of nitrogens with zero attached hydrogens (tertiary/aromatic N) is 1. The van der Waals surface area contributed by atoms with Crippen LogP contribution in [0.25, 0.3) is 0 Å². The highest BCUT2D eigenvalue weighted by Gasteiger charge is 2.46. The molecule has 7 nitrogen and oxygen atoms in total. The highest BCUT2D eigenvalue weighted by Crippen LogP contribution is 2.48. The van der Waals surface area contributed by atoms with E-state index in [0.29, 0.717) is 35.7 Å². The lowest BCUT2D eigenvalue weighted by Gasteiger charge is -2.45. The van der Waals surface area contributed by atoms with E-state index in [1.807, 2.05) is 47.4 Å². The molecule has 0 spiro atoms. The van der Waals surface area contributed by atoms with Crippen molar-refractivity contribution in [3.8, 4) is 17.2 Å². The van der Waals surface area contributed by atoms with Gasteiger partial charge in [-0.2, -0.15) is 0 Å². The van der Waals surface area contributed by atoms with E-state index in [-0.39, 0.29) is 11.8 Å². The summed E-state index contributed by atoms with van der Waals surface area (Å²) in [5, 5.41) is 3.10. The lowest BCUT2D eigenvalue weighted by molar-refractivity contribution is -0.124. The van der Waals surface area contributed by atoms with Crippen molar-refractivity contribution in [2.75, 3.05) is 27.9 Å². The van der Waals surface area contributed by atoms with Gasteiger partial charge in [0.1, 0.15) is 5.75 Å². The molecule has 0 unspecified atom stereocenters. The molecule has 3 aromatic carbocycles. The number of methoxy groups -OCH3 is 3. The van der Waals surface area contributed by atoms with Gasteiger partial charge < -0.3 is 24.4 Å². The van der Waals surface area contributed by atoms with Gasteiger partial charge in [0.05, 0.1) is 33.3 Å². The van der Waals surface area contributed by atoms with E-state index in [9.17, 15) is 9.59 Å². The number of fused-ring (bicyclic) bond motifs is 4. The van der Waals surface area contributed by atoms with E-state index in [0.717, 1.165) is 23.3 Å². The average Bonchev–Trinajstić information content (AvgIpc) is 2.91. The molecular formula is C28H28N2O5. The largest absolute Gasteiger partial charge is 0.497 e. The maximum atomic E-state index is 13.8. The molecule has 5 rings (SSSR count). The molecule has 2 aliphatic heterocycles. The number of benzene rings is 3. The fraction of sp³-hybridized carbons (Fsp3) is 0.286. The van der Waals surface area contributed by atoms with Crippen LogP contribution < -0.4 is 19.5 Å². The third-order valence-electron chi connectivity index (χ3n) is 6.94. The molecule has 3 aromatic rings. The van der Waals surface area contributed by atoms with Crippen LogP contribution in [-0.2, 0) is 17.8 Å². The van der Waals surface area contributed by atoms with Crippen LogP contribution in [0.15, 0.2) is 60.7 Å². The van der Waals surface area contributed by atoms with E-state index in [4.69, 9.17) is 14.2 Å². The lowest BCUT2D eigenvalue weighted by Crippen LogP contribution is -2.50. The molecule has 0 aromatic heterocycles. The summed E-state index contributed by atoms with van der Waals surface area (Å²) in [7, 11) is 4.71. The van der Waals surface area contributed by atoms with Crippen molar-refractivity contribution in [3.05, 3.63) is 88.5 Å². The number of carbonyl (C=O) groups is 2. The molecule has 180 valence electrons. The minimum atomic E-state index is -0.595. The number of amides is 2. The first kappa shape index (κ1) is 22.8. The number of hydrogen-bond acceptors (Lipinski definition) is 5. The quantitative estimate of drug-likeness (QED) is 0.590. The highest BCUT2D eigenvalue weighted by atomic mass is 16.5. The Morgan fingerprint density at radius 1 is 0.943 bits per heavy atom. The first-order valence-corrected chi connectivity index (χ1v) is 11.6. The van der Waals surface area contributed by atoms with Gasteiger partial charge in [-0.3, -0.25) is 9.59 Å². The van der Waals surface area contributed by atoms with Crippen molar-refractivity contribution in [3.63, 3.8) is 0 Å². The van der Waals surface area contributed by atoms with Crippen LogP contribution in [0.1, 0.15) is 44.6 Å². The molecule has 0 saturated heterocycles. The normalized spacial score (nSPS) is 18.1. The van der Waals surface area contributed by atoms with Crippen LogP contribution in [0, 0.1) is 0 Å². The second-order valence-electron chi connectivity index (χ2n) is 8.73. The molecule has 2 heterocycles. The zero-order valence-electron chi connectivity index (χ0n) is 20.0. The number of ether oxygens (including phenoxy) is 3. The van der Waals surface area contributed by atoms with Crippen molar-refractivity contribution in [1.29, 1.82) is 0 Å². The summed E-state index contributed by atoms with van der Waals surface area (Å²) >= 11 is 0. The van der Waals surface area contributed by atoms with Crippen molar-refractivity contribution >= 4 is 11.8 Å². The highest BCUT2D eigenvalue weighted by molar-refractivity contribution is 6.02. The minimum absolute atomic E-state index is 0.0975. The summed E-state index contributed by atoms with van der Waals surface area (Å²) in [6.07, 6.45) is 0.751. The average molecular weight is 473 g/mol. The molecule has 0 saturated carbocycles. The van der Waals surface area contributed by atoms with Gasteiger partial charge >= 0.3 is 0 Å². The number of rotatable bonds is 6. The van der Waals surface area contributed by atoms with E-state index >= 15 is 0 Å². The molecular weight excluding hydrogens is 444 g/mol. The van der Waals surface area contributed by atoms with Crippen molar-refractivity contribution in [1.82, 2.24) is 10.2 Å². The molecule has 7 heteroatoms. The van der Waals surface area contributed by atoms with Crippen LogP contribution in [-0.4, -0.2) is 44.6 Å². The summed E-state index contributed by atoms with van der Waals surface area (Å²) in [4.78, 5) is 29.3. The van der Waals surface area contributed by atoms with Crippen LogP contribution in [0.4, 0.5) is 0 Å². The Morgan fingerprint density at radius 3 is 2.37 bits per heavy atom. The number of hydrogen-bond donors (Lipinski definition) is 1. The van der Waals surface area contributed by atoms with E-state index < -0.39 is 12.0 Å². The van der Waals surface area contributed by atoms with Crippen LogP contribution >= 0.6 is 0 Å². The second-order valence-corrected chi connectivity index (χ2v) is 8.73. The summed E-state index contributed by atoms with van der Waals surface area (Å²) < 4.78 is 16.2. The van der Waals surface area contributed by atoms with E-state index in [2.05, 4.69) is 11.4 Å². The van der Waals surface area contributed by atoms with Gasteiger partial charge in [-0.15, -0.1) is 0 Å². The first-order chi connectivity index (χ1) is 17.0. The molecule has 0 aliphatic carbocycles. The molecule has 0 radical (unpaired) electrons. The zero-order chi connectivity index (χ0) is 24.5. The Hall–Kier alpha value is -4.00. The third-order valence-corrected chi connectivity index (χ3v) is 6.94. The Bertz CT molecular complexity index is 1270. The summed E-state index contributed by atoms with van der Waals surface area (Å²) in [5.74, 6) is 0.878.